The second-order valence-corrected chi connectivity index (χ2v) is 7.27. The van der Waals surface area contributed by atoms with Crippen molar-refractivity contribution in [1.82, 2.24) is 0 Å². The number of carbonyl (C=O) groups excluding carboxylic acids is 1. The molecule has 1 aliphatic rings. The van der Waals surface area contributed by atoms with Crippen LogP contribution in [0.4, 0.5) is 0 Å². The smallest absolute Gasteiger partial charge is 0.338 e. The Morgan fingerprint density at radius 3 is 2.40 bits per heavy atom. The topological polar surface area (TPSA) is 94.6 Å². The van der Waals surface area contributed by atoms with Crippen LogP contribution in [0.15, 0.2) is 70.5 Å². The van der Waals surface area contributed by atoms with Crippen LogP contribution in [0.25, 0.3) is 5.76 Å². The molecule has 0 aromatic heterocycles. The molecular formula is C23H22N2O4S. The number of ether oxygens (including phenoxy) is 3. The number of methoxy groups -OCH3 is 1. The first-order valence-electron chi connectivity index (χ1n) is 9.31. The van der Waals surface area contributed by atoms with Crippen LogP contribution < -0.4 is 10.5 Å². The molecule has 0 aliphatic carbocycles. The summed E-state index contributed by atoms with van der Waals surface area (Å²) in [6.45, 7) is 1.92. The molecule has 30 heavy (non-hydrogen) atoms. The molecule has 154 valence electrons. The molecule has 6 nitrogen and oxygen atoms in total. The maximum Gasteiger partial charge on any atom is 0.338 e. The van der Waals surface area contributed by atoms with Crippen molar-refractivity contribution in [2.24, 2.45) is 5.73 Å². The lowest BCUT2D eigenvalue weighted by Crippen LogP contribution is -2.25. The van der Waals surface area contributed by atoms with Gasteiger partial charge in [0.25, 0.3) is 0 Å². The number of benzene rings is 2. The van der Waals surface area contributed by atoms with Gasteiger partial charge in [-0.2, -0.15) is 5.26 Å². The molecule has 1 aliphatic heterocycles. The summed E-state index contributed by atoms with van der Waals surface area (Å²) >= 11 is 1.61. The first-order valence-corrected chi connectivity index (χ1v) is 10.5. The molecule has 0 radical (unpaired) electrons. The molecule has 3 rings (SSSR count). The Kier molecular flexibility index (Phi) is 6.70. The van der Waals surface area contributed by atoms with E-state index < -0.39 is 11.9 Å². The van der Waals surface area contributed by atoms with Gasteiger partial charge in [-0.25, -0.2) is 4.79 Å². The van der Waals surface area contributed by atoms with Gasteiger partial charge in [-0.05, 0) is 55.1 Å². The van der Waals surface area contributed by atoms with Gasteiger partial charge in [0, 0.05) is 10.5 Å². The number of nitrogens with two attached hydrogens (primary N) is 1. The maximum absolute atomic E-state index is 13.0. The van der Waals surface area contributed by atoms with Crippen molar-refractivity contribution in [1.29, 1.82) is 5.26 Å². The molecule has 0 saturated heterocycles. The molecular weight excluding hydrogens is 400 g/mol. The summed E-state index contributed by atoms with van der Waals surface area (Å²) in [5.74, 6) is -0.349. The maximum atomic E-state index is 13.0. The summed E-state index contributed by atoms with van der Waals surface area (Å²) in [6, 6.07) is 16.8. The highest BCUT2D eigenvalue weighted by Gasteiger charge is 2.38. The number of hydrogen-bond acceptors (Lipinski definition) is 7. The lowest BCUT2D eigenvalue weighted by atomic mass is 9.82. The van der Waals surface area contributed by atoms with Crippen molar-refractivity contribution in [2.45, 2.75) is 17.7 Å². The van der Waals surface area contributed by atoms with Gasteiger partial charge >= 0.3 is 5.97 Å². The summed E-state index contributed by atoms with van der Waals surface area (Å²) in [6.07, 6.45) is 1.98. The van der Waals surface area contributed by atoms with Gasteiger partial charge in [0.2, 0.25) is 5.88 Å². The van der Waals surface area contributed by atoms with E-state index in [1.54, 1.807) is 50.1 Å². The van der Waals surface area contributed by atoms with Crippen LogP contribution in [0.2, 0.25) is 0 Å². The molecule has 0 bridgehead atoms. The number of rotatable bonds is 6. The van der Waals surface area contributed by atoms with E-state index in [1.807, 2.05) is 30.5 Å². The zero-order valence-corrected chi connectivity index (χ0v) is 17.8. The van der Waals surface area contributed by atoms with Gasteiger partial charge in [-0.1, -0.05) is 12.1 Å². The molecule has 1 heterocycles. The molecule has 7 heteroatoms. The van der Waals surface area contributed by atoms with Gasteiger partial charge in [-0.3, -0.25) is 0 Å². The van der Waals surface area contributed by atoms with Crippen molar-refractivity contribution >= 4 is 23.5 Å². The van der Waals surface area contributed by atoms with E-state index in [1.165, 1.54) is 0 Å². The Morgan fingerprint density at radius 2 is 1.87 bits per heavy atom. The first kappa shape index (κ1) is 21.3. The second kappa shape index (κ2) is 9.42. The molecule has 2 aromatic carbocycles. The fourth-order valence-corrected chi connectivity index (χ4v) is 3.67. The standard InChI is InChI=1S/C23H22N2O4S/c1-4-28-23(26)20-19(14-7-11-17(30-3)12-8-14)18(13-24)22(25)29-21(20)15-5-9-16(27-2)10-6-15/h5-12,19H,4,25H2,1-3H3. The van der Waals surface area contributed by atoms with Crippen LogP contribution in [-0.4, -0.2) is 25.9 Å². The Labute approximate surface area is 179 Å². The molecule has 0 amide bonds. The number of hydrogen-bond donors (Lipinski definition) is 1. The molecule has 1 unspecified atom stereocenters. The Morgan fingerprint density at radius 1 is 1.20 bits per heavy atom. The number of carbonyl (C=O) groups is 1. The predicted molar refractivity (Wildman–Crippen MR) is 115 cm³/mol. The third-order valence-corrected chi connectivity index (χ3v) is 5.46. The fraction of sp³-hybridized carbons (Fsp3) is 0.217. The molecule has 2 aromatic rings. The van der Waals surface area contributed by atoms with Gasteiger partial charge in [0.1, 0.15) is 23.2 Å². The van der Waals surface area contributed by atoms with E-state index in [-0.39, 0.29) is 29.4 Å². The highest BCUT2D eigenvalue weighted by molar-refractivity contribution is 7.98. The largest absolute Gasteiger partial charge is 0.497 e. The van der Waals surface area contributed by atoms with Crippen molar-refractivity contribution in [3.05, 3.63) is 76.7 Å². The Bertz CT molecular complexity index is 1030. The third-order valence-electron chi connectivity index (χ3n) is 4.72. The lowest BCUT2D eigenvalue weighted by molar-refractivity contribution is -0.138. The minimum Gasteiger partial charge on any atom is -0.497 e. The fourth-order valence-electron chi connectivity index (χ4n) is 3.26. The van der Waals surface area contributed by atoms with Crippen LogP contribution in [-0.2, 0) is 14.3 Å². The summed E-state index contributed by atoms with van der Waals surface area (Å²) in [5, 5.41) is 9.79. The minimum atomic E-state index is -0.698. The quantitative estimate of drug-likeness (QED) is 0.551. The number of esters is 1. The third kappa shape index (κ3) is 4.14. The van der Waals surface area contributed by atoms with Crippen LogP contribution in [0.5, 0.6) is 5.75 Å². The number of nitriles is 1. The average Bonchev–Trinajstić information content (AvgIpc) is 2.78. The van der Waals surface area contributed by atoms with E-state index in [9.17, 15) is 10.1 Å². The zero-order valence-electron chi connectivity index (χ0n) is 17.0. The molecule has 1 atom stereocenters. The Balaban J connectivity index is 2.23. The minimum absolute atomic E-state index is 0.0321. The van der Waals surface area contributed by atoms with Gasteiger partial charge in [0.05, 0.1) is 25.2 Å². The number of allylic oxidation sites excluding steroid dienone is 1. The van der Waals surface area contributed by atoms with E-state index in [4.69, 9.17) is 19.9 Å². The highest BCUT2D eigenvalue weighted by Crippen LogP contribution is 2.43. The van der Waals surface area contributed by atoms with Gasteiger partial charge in [0.15, 0.2) is 0 Å². The summed E-state index contributed by atoms with van der Waals surface area (Å²) in [5.41, 5.74) is 7.91. The van der Waals surface area contributed by atoms with Crippen molar-refractivity contribution in [2.75, 3.05) is 20.0 Å². The van der Waals surface area contributed by atoms with Gasteiger partial charge in [-0.15, -0.1) is 11.8 Å². The summed E-state index contributed by atoms with van der Waals surface area (Å²) in [4.78, 5) is 14.1. The summed E-state index contributed by atoms with van der Waals surface area (Å²) in [7, 11) is 1.57. The predicted octanol–water partition coefficient (Wildman–Crippen LogP) is 4.20. The first-order chi connectivity index (χ1) is 14.5. The van der Waals surface area contributed by atoms with E-state index in [2.05, 4.69) is 6.07 Å². The van der Waals surface area contributed by atoms with Crippen LogP contribution in [0.1, 0.15) is 24.0 Å². The SMILES string of the molecule is CCOC(=O)C1=C(c2ccc(OC)cc2)OC(N)=C(C#N)C1c1ccc(SC)cc1. The Hall–Kier alpha value is -3.37. The molecule has 0 spiro atoms. The lowest BCUT2D eigenvalue weighted by Gasteiger charge is -2.28. The van der Waals surface area contributed by atoms with Crippen molar-refractivity contribution in [3.8, 4) is 11.8 Å². The zero-order chi connectivity index (χ0) is 21.7. The average molecular weight is 423 g/mol. The normalized spacial score (nSPS) is 16.0. The number of thioether (sulfide) groups is 1. The molecule has 0 fully saturated rings. The van der Waals surface area contributed by atoms with Gasteiger partial charge < -0.3 is 19.9 Å². The second-order valence-electron chi connectivity index (χ2n) is 6.39. The van der Waals surface area contributed by atoms with E-state index in [0.29, 0.717) is 11.3 Å². The van der Waals surface area contributed by atoms with Crippen molar-refractivity contribution in [3.63, 3.8) is 0 Å². The van der Waals surface area contributed by atoms with Crippen LogP contribution in [0.3, 0.4) is 0 Å². The van der Waals surface area contributed by atoms with Crippen molar-refractivity contribution < 1.29 is 19.0 Å². The number of nitrogens with zero attached hydrogens (tertiary/aromatic N) is 1. The monoisotopic (exact) mass is 422 g/mol. The molecule has 0 saturated carbocycles. The molecule has 2 N–H and O–H groups in total. The van der Waals surface area contributed by atoms with E-state index >= 15 is 0 Å². The highest BCUT2D eigenvalue weighted by atomic mass is 32.2. The van der Waals surface area contributed by atoms with E-state index in [0.717, 1.165) is 10.5 Å². The van der Waals surface area contributed by atoms with Crippen LogP contribution in [0, 0.1) is 11.3 Å². The summed E-state index contributed by atoms with van der Waals surface area (Å²) < 4.78 is 16.3. The van der Waals surface area contributed by atoms with Crippen LogP contribution >= 0.6 is 11.8 Å².